The number of hydrogen-bond acceptors (Lipinski definition) is 5. The first-order valence-electron chi connectivity index (χ1n) is 6.33. The highest BCUT2D eigenvalue weighted by molar-refractivity contribution is 5.98. The molecule has 0 spiro atoms. The molecule has 0 heterocycles. The summed E-state index contributed by atoms with van der Waals surface area (Å²) >= 11 is 0. The van der Waals surface area contributed by atoms with E-state index in [1.165, 1.54) is 31.4 Å². The fraction of sp³-hybridized carbons (Fsp3) is 0.333. The molecule has 5 nitrogen and oxygen atoms in total. The average Bonchev–Trinajstić information content (AvgIpc) is 2.43. The minimum Gasteiger partial charge on any atom is -0.493 e. The fourth-order valence-corrected chi connectivity index (χ4v) is 1.55. The maximum atomic E-state index is 12.3. The predicted molar refractivity (Wildman–Crippen MR) is 74.4 cm³/mol. The van der Waals surface area contributed by atoms with Gasteiger partial charge in [0.05, 0.1) is 13.2 Å². The SMILES string of the molecule is COc1ccc(/C=C(/C#N)C(=O)OC(C)C)cc1OC(F)F. The van der Waals surface area contributed by atoms with E-state index >= 15 is 0 Å². The van der Waals surface area contributed by atoms with Crippen LogP contribution in [0, 0.1) is 11.3 Å². The molecular weight excluding hydrogens is 296 g/mol. The van der Waals surface area contributed by atoms with Gasteiger partial charge in [-0.25, -0.2) is 4.79 Å². The zero-order valence-corrected chi connectivity index (χ0v) is 12.3. The van der Waals surface area contributed by atoms with Crippen molar-refractivity contribution in [2.75, 3.05) is 7.11 Å². The van der Waals surface area contributed by atoms with Gasteiger partial charge in [-0.2, -0.15) is 14.0 Å². The molecule has 118 valence electrons. The van der Waals surface area contributed by atoms with Crippen LogP contribution in [-0.4, -0.2) is 25.8 Å². The second-order valence-corrected chi connectivity index (χ2v) is 4.41. The Morgan fingerprint density at radius 2 is 2.00 bits per heavy atom. The quantitative estimate of drug-likeness (QED) is 0.458. The molecule has 22 heavy (non-hydrogen) atoms. The van der Waals surface area contributed by atoms with Gasteiger partial charge in [0.2, 0.25) is 0 Å². The van der Waals surface area contributed by atoms with Crippen LogP contribution in [0.3, 0.4) is 0 Å². The topological polar surface area (TPSA) is 68.5 Å². The van der Waals surface area contributed by atoms with Crippen molar-refractivity contribution in [1.82, 2.24) is 0 Å². The molecule has 0 unspecified atom stereocenters. The molecule has 0 atom stereocenters. The maximum absolute atomic E-state index is 12.3. The number of hydrogen-bond donors (Lipinski definition) is 0. The molecule has 0 saturated heterocycles. The van der Waals surface area contributed by atoms with Crippen molar-refractivity contribution in [3.05, 3.63) is 29.3 Å². The number of nitriles is 1. The molecule has 0 saturated carbocycles. The van der Waals surface area contributed by atoms with Crippen LogP contribution in [0.2, 0.25) is 0 Å². The fourth-order valence-electron chi connectivity index (χ4n) is 1.55. The summed E-state index contributed by atoms with van der Waals surface area (Å²) in [4.78, 5) is 11.7. The molecule has 1 rings (SSSR count). The summed E-state index contributed by atoms with van der Waals surface area (Å²) < 4.78 is 38.8. The lowest BCUT2D eigenvalue weighted by molar-refractivity contribution is -0.142. The number of halogens is 2. The maximum Gasteiger partial charge on any atom is 0.387 e. The van der Waals surface area contributed by atoms with E-state index in [-0.39, 0.29) is 23.2 Å². The number of carbonyl (C=O) groups is 1. The van der Waals surface area contributed by atoms with E-state index in [9.17, 15) is 13.6 Å². The van der Waals surface area contributed by atoms with E-state index in [0.29, 0.717) is 5.56 Å². The molecule has 0 aliphatic carbocycles. The highest BCUT2D eigenvalue weighted by Crippen LogP contribution is 2.30. The Labute approximate surface area is 126 Å². The van der Waals surface area contributed by atoms with Crippen LogP contribution >= 0.6 is 0 Å². The van der Waals surface area contributed by atoms with E-state index < -0.39 is 12.6 Å². The zero-order valence-electron chi connectivity index (χ0n) is 12.3. The number of rotatable bonds is 6. The molecule has 0 amide bonds. The van der Waals surface area contributed by atoms with Crippen LogP contribution in [0.15, 0.2) is 23.8 Å². The second-order valence-electron chi connectivity index (χ2n) is 4.41. The normalized spacial score (nSPS) is 11.3. The van der Waals surface area contributed by atoms with Crippen molar-refractivity contribution in [1.29, 1.82) is 5.26 Å². The number of esters is 1. The molecule has 1 aromatic rings. The Morgan fingerprint density at radius 3 is 2.50 bits per heavy atom. The van der Waals surface area contributed by atoms with Crippen LogP contribution in [0.25, 0.3) is 6.08 Å². The van der Waals surface area contributed by atoms with Crippen molar-refractivity contribution in [2.45, 2.75) is 26.6 Å². The third-order valence-electron chi connectivity index (χ3n) is 2.40. The predicted octanol–water partition coefficient (Wildman–Crippen LogP) is 3.16. The van der Waals surface area contributed by atoms with Gasteiger partial charge < -0.3 is 14.2 Å². The first-order valence-corrected chi connectivity index (χ1v) is 6.33. The van der Waals surface area contributed by atoms with E-state index in [2.05, 4.69) is 4.74 Å². The minimum atomic E-state index is -3.02. The molecule has 0 aliphatic heterocycles. The molecule has 0 bridgehead atoms. The molecule has 7 heteroatoms. The van der Waals surface area contributed by atoms with E-state index in [4.69, 9.17) is 14.7 Å². The van der Waals surface area contributed by atoms with Gasteiger partial charge >= 0.3 is 12.6 Å². The third-order valence-corrected chi connectivity index (χ3v) is 2.40. The summed E-state index contributed by atoms with van der Waals surface area (Å²) in [6, 6.07) is 5.84. The zero-order chi connectivity index (χ0) is 16.7. The van der Waals surface area contributed by atoms with Crippen molar-refractivity contribution in [3.63, 3.8) is 0 Å². The molecule has 0 aliphatic rings. The molecule has 0 N–H and O–H groups in total. The highest BCUT2D eigenvalue weighted by Gasteiger charge is 2.14. The Kier molecular flexibility index (Phi) is 6.32. The molecule has 0 fully saturated rings. The monoisotopic (exact) mass is 311 g/mol. The Balaban J connectivity index is 3.12. The molecule has 0 radical (unpaired) electrons. The summed E-state index contributed by atoms with van der Waals surface area (Å²) in [5.41, 5.74) is 0.0792. The first-order chi connectivity index (χ1) is 10.4. The number of benzene rings is 1. The highest BCUT2D eigenvalue weighted by atomic mass is 19.3. The lowest BCUT2D eigenvalue weighted by atomic mass is 10.1. The summed E-state index contributed by atoms with van der Waals surface area (Å²) in [5.74, 6) is -0.869. The van der Waals surface area contributed by atoms with Gasteiger partial charge in [0.15, 0.2) is 11.5 Å². The van der Waals surface area contributed by atoms with Crippen molar-refractivity contribution in [2.24, 2.45) is 0 Å². The molecule has 1 aromatic carbocycles. The van der Waals surface area contributed by atoms with E-state index in [0.717, 1.165) is 0 Å². The van der Waals surface area contributed by atoms with Crippen molar-refractivity contribution < 1.29 is 27.8 Å². The van der Waals surface area contributed by atoms with Gasteiger partial charge in [-0.1, -0.05) is 6.07 Å². The smallest absolute Gasteiger partial charge is 0.387 e. The molecular formula is C15H15F2NO4. The largest absolute Gasteiger partial charge is 0.493 e. The summed E-state index contributed by atoms with van der Waals surface area (Å²) in [7, 11) is 1.31. The first kappa shape index (κ1) is 17.4. The number of methoxy groups -OCH3 is 1. The van der Waals surface area contributed by atoms with Crippen molar-refractivity contribution in [3.8, 4) is 17.6 Å². The minimum absolute atomic E-state index is 0.112. The number of nitrogens with zero attached hydrogens (tertiary/aromatic N) is 1. The van der Waals surface area contributed by atoms with Crippen LogP contribution in [0.4, 0.5) is 8.78 Å². The second kappa shape index (κ2) is 7.98. The molecule has 0 aromatic heterocycles. The average molecular weight is 311 g/mol. The van der Waals surface area contributed by atoms with Crippen LogP contribution in [-0.2, 0) is 9.53 Å². The Hall–Kier alpha value is -2.62. The van der Waals surface area contributed by atoms with Gasteiger partial charge in [0.25, 0.3) is 0 Å². The summed E-state index contributed by atoms with van der Waals surface area (Å²) in [5, 5.41) is 8.99. The van der Waals surface area contributed by atoms with Crippen molar-refractivity contribution >= 4 is 12.0 Å². The van der Waals surface area contributed by atoms with Crippen LogP contribution in [0.1, 0.15) is 19.4 Å². The lowest BCUT2D eigenvalue weighted by Gasteiger charge is -2.10. The summed E-state index contributed by atoms with van der Waals surface area (Å²) in [6.45, 7) is 0.276. The number of carbonyl (C=O) groups excluding carboxylic acids is 1. The third kappa shape index (κ3) is 5.05. The van der Waals surface area contributed by atoms with Gasteiger partial charge in [-0.15, -0.1) is 0 Å². The Bertz CT molecular complexity index is 606. The lowest BCUT2D eigenvalue weighted by Crippen LogP contribution is -2.12. The summed E-state index contributed by atoms with van der Waals surface area (Å²) in [6.07, 6.45) is 0.848. The van der Waals surface area contributed by atoms with Gasteiger partial charge in [-0.3, -0.25) is 0 Å². The number of alkyl halides is 2. The van der Waals surface area contributed by atoms with Crippen LogP contribution in [0.5, 0.6) is 11.5 Å². The Morgan fingerprint density at radius 1 is 1.32 bits per heavy atom. The van der Waals surface area contributed by atoms with E-state index in [1.807, 2.05) is 0 Å². The van der Waals surface area contributed by atoms with Gasteiger partial charge in [0.1, 0.15) is 11.6 Å². The van der Waals surface area contributed by atoms with Gasteiger partial charge in [0, 0.05) is 0 Å². The van der Waals surface area contributed by atoms with E-state index in [1.54, 1.807) is 19.9 Å². The van der Waals surface area contributed by atoms with Gasteiger partial charge in [-0.05, 0) is 37.6 Å². The van der Waals surface area contributed by atoms with Crippen LogP contribution < -0.4 is 9.47 Å². The number of ether oxygens (including phenoxy) is 3. The standard InChI is InChI=1S/C15H15F2NO4/c1-9(2)21-14(19)11(8-18)6-10-4-5-12(20-3)13(7-10)22-15(16)17/h4-7,9,15H,1-3H3/b11-6-.